The van der Waals surface area contributed by atoms with Gasteiger partial charge in [-0.05, 0) is 172 Å². The van der Waals surface area contributed by atoms with E-state index in [2.05, 4.69) is 163 Å². The predicted molar refractivity (Wildman–Crippen MR) is 239 cm³/mol. The Balaban J connectivity index is 1.03. The van der Waals surface area contributed by atoms with Crippen LogP contribution in [0.3, 0.4) is 0 Å². The molecule has 296 valence electrons. The molecular formula is C56H61NO. The summed E-state index contributed by atoms with van der Waals surface area (Å²) >= 11 is 0. The fourth-order valence-electron chi connectivity index (χ4n) is 15.0. The molecule has 0 saturated heterocycles. The van der Waals surface area contributed by atoms with E-state index in [0.717, 1.165) is 29.0 Å². The summed E-state index contributed by atoms with van der Waals surface area (Å²) in [6, 6.07) is 40.4. The molecule has 2 bridgehead atoms. The van der Waals surface area contributed by atoms with E-state index >= 15 is 0 Å². The van der Waals surface area contributed by atoms with Crippen molar-refractivity contribution in [2.75, 3.05) is 4.90 Å². The Labute approximate surface area is 347 Å². The van der Waals surface area contributed by atoms with Crippen LogP contribution in [0.1, 0.15) is 140 Å². The maximum Gasteiger partial charge on any atom is 0.155 e. The molecule has 0 aromatic heterocycles. The van der Waals surface area contributed by atoms with E-state index < -0.39 is 0 Å². The fraction of sp³-hybridized carbons (Fsp3) is 0.464. The van der Waals surface area contributed by atoms with Gasteiger partial charge in [0.1, 0.15) is 5.75 Å². The number of fused-ring (bicyclic) bond motifs is 9. The van der Waals surface area contributed by atoms with Crippen LogP contribution >= 0.6 is 0 Å². The number of para-hydroxylation sites is 2. The van der Waals surface area contributed by atoms with E-state index in [1.54, 1.807) is 0 Å². The average Bonchev–Trinajstić information content (AvgIpc) is 3.74. The minimum absolute atomic E-state index is 0.0397. The highest BCUT2D eigenvalue weighted by molar-refractivity contribution is 5.85. The van der Waals surface area contributed by atoms with Crippen molar-refractivity contribution >= 4 is 17.1 Å². The second-order valence-corrected chi connectivity index (χ2v) is 22.7. The summed E-state index contributed by atoms with van der Waals surface area (Å²) in [5, 5.41) is 0. The predicted octanol–water partition coefficient (Wildman–Crippen LogP) is 15.0. The zero-order valence-electron chi connectivity index (χ0n) is 36.1. The number of rotatable bonds is 4. The van der Waals surface area contributed by atoms with Crippen molar-refractivity contribution in [2.45, 2.75) is 134 Å². The Hall–Kier alpha value is -4.30. The maximum absolute atomic E-state index is 7.28. The van der Waals surface area contributed by atoms with Gasteiger partial charge in [-0.25, -0.2) is 0 Å². The molecule has 2 heteroatoms. The van der Waals surface area contributed by atoms with Crippen molar-refractivity contribution in [3.05, 3.63) is 137 Å². The van der Waals surface area contributed by atoms with Gasteiger partial charge in [-0.15, -0.1) is 0 Å². The summed E-state index contributed by atoms with van der Waals surface area (Å²) in [6.45, 7) is 19.5. The molecule has 58 heavy (non-hydrogen) atoms. The minimum atomic E-state index is 0.0397. The first-order chi connectivity index (χ1) is 27.6. The van der Waals surface area contributed by atoms with Gasteiger partial charge >= 0.3 is 0 Å². The molecule has 0 radical (unpaired) electrons. The summed E-state index contributed by atoms with van der Waals surface area (Å²) < 4.78 is 7.28. The maximum atomic E-state index is 7.28. The zero-order valence-corrected chi connectivity index (χ0v) is 36.1. The van der Waals surface area contributed by atoms with Crippen molar-refractivity contribution in [1.82, 2.24) is 0 Å². The molecule has 5 aromatic rings. The molecular weight excluding hydrogens is 703 g/mol. The van der Waals surface area contributed by atoms with Crippen molar-refractivity contribution in [2.24, 2.45) is 29.1 Å². The van der Waals surface area contributed by atoms with Crippen molar-refractivity contribution in [3.63, 3.8) is 0 Å². The fourth-order valence-corrected chi connectivity index (χ4v) is 15.0. The average molecular weight is 764 g/mol. The summed E-state index contributed by atoms with van der Waals surface area (Å²) in [6.07, 6.45) is 10.6. The van der Waals surface area contributed by atoms with Gasteiger partial charge in [0.05, 0.1) is 5.69 Å². The number of benzene rings is 5. The summed E-state index contributed by atoms with van der Waals surface area (Å²) in [7, 11) is 0. The third-order valence-corrected chi connectivity index (χ3v) is 18.1. The van der Waals surface area contributed by atoms with Crippen LogP contribution < -0.4 is 9.64 Å². The molecule has 6 atom stereocenters. The largest absolute Gasteiger partial charge is 0.455 e. The number of hydrogen-bond donors (Lipinski definition) is 0. The van der Waals surface area contributed by atoms with Crippen LogP contribution in [0.5, 0.6) is 11.5 Å². The van der Waals surface area contributed by atoms with Crippen LogP contribution in [0.4, 0.5) is 17.1 Å². The molecule has 6 aliphatic carbocycles. The Morgan fingerprint density at radius 2 is 1.09 bits per heavy atom. The summed E-state index contributed by atoms with van der Waals surface area (Å²) in [5.41, 5.74) is 16.3. The highest BCUT2D eigenvalue weighted by Gasteiger charge is 2.84. The molecule has 2 nitrogen and oxygen atoms in total. The first kappa shape index (κ1) is 35.6. The molecule has 4 saturated carbocycles. The topological polar surface area (TPSA) is 12.5 Å². The van der Waals surface area contributed by atoms with Crippen LogP contribution in [-0.2, 0) is 27.1 Å². The molecule has 12 rings (SSSR count). The van der Waals surface area contributed by atoms with Gasteiger partial charge in [-0.3, -0.25) is 0 Å². The van der Waals surface area contributed by atoms with E-state index in [9.17, 15) is 0 Å². The van der Waals surface area contributed by atoms with Crippen LogP contribution in [0.2, 0.25) is 0 Å². The standard InChI is InChI=1S/C56H61NO/c1-51(2)24-26-53(5,6)44-30-36(18-22-40(44)51)35-16-19-38(20-17-35)57(39-21-23-41-45(32-39)54(7,8)27-25-52(41,3)4)46-14-11-13-43-50(46)58-47-15-10-9-12-42(47)56(43)48-29-34-28-37-31-49(56)55(37,48)33-34/h9-23,30,32,34,37,48-49H,24-29,31,33H2,1-8H3. The molecule has 7 aliphatic rings. The highest BCUT2D eigenvalue weighted by atomic mass is 16.5. The van der Waals surface area contributed by atoms with Gasteiger partial charge in [0.15, 0.2) is 5.75 Å². The molecule has 1 heterocycles. The lowest BCUT2D eigenvalue weighted by Gasteiger charge is -2.77. The van der Waals surface area contributed by atoms with E-state index in [1.165, 1.54) is 107 Å². The van der Waals surface area contributed by atoms with Crippen LogP contribution in [0, 0.1) is 29.1 Å². The van der Waals surface area contributed by atoms with Gasteiger partial charge in [-0.1, -0.05) is 122 Å². The zero-order chi connectivity index (χ0) is 39.8. The monoisotopic (exact) mass is 763 g/mol. The van der Waals surface area contributed by atoms with Gasteiger partial charge in [-0.2, -0.15) is 0 Å². The van der Waals surface area contributed by atoms with Crippen molar-refractivity contribution in [3.8, 4) is 22.6 Å². The lowest BCUT2D eigenvalue weighted by molar-refractivity contribution is -0.235. The van der Waals surface area contributed by atoms with E-state index in [4.69, 9.17) is 4.74 Å². The summed E-state index contributed by atoms with van der Waals surface area (Å²) in [5.74, 6) is 5.43. The first-order valence-corrected chi connectivity index (χ1v) is 22.8. The number of ether oxygens (including phenoxy) is 1. The second-order valence-electron chi connectivity index (χ2n) is 22.7. The van der Waals surface area contributed by atoms with Gasteiger partial charge < -0.3 is 9.64 Å². The van der Waals surface area contributed by atoms with E-state index in [-0.39, 0.29) is 27.1 Å². The second kappa shape index (κ2) is 11.3. The van der Waals surface area contributed by atoms with Crippen LogP contribution in [0.15, 0.2) is 103 Å². The first-order valence-electron chi connectivity index (χ1n) is 22.8. The van der Waals surface area contributed by atoms with E-state index in [0.29, 0.717) is 17.3 Å². The number of anilines is 3. The highest BCUT2D eigenvalue weighted by Crippen LogP contribution is 2.89. The molecule has 0 amide bonds. The van der Waals surface area contributed by atoms with Gasteiger partial charge in [0.2, 0.25) is 0 Å². The SMILES string of the molecule is CC1(C)CCC(C)(C)c2cc(-c3ccc(N(c4ccc5c(c4)C(C)(C)CCC5(C)C)c4cccc5c4Oc4ccccc4C54C5CC6CC7CC4C75C6)cc3)ccc21. The lowest BCUT2D eigenvalue weighted by Crippen LogP contribution is -2.74. The summed E-state index contributed by atoms with van der Waals surface area (Å²) in [4.78, 5) is 2.54. The Morgan fingerprint density at radius 3 is 1.79 bits per heavy atom. The normalized spacial score (nSPS) is 31.4. The van der Waals surface area contributed by atoms with Gasteiger partial charge in [0.25, 0.3) is 0 Å². The molecule has 6 unspecified atom stereocenters. The Kier molecular flexibility index (Phi) is 6.93. The number of nitrogens with zero attached hydrogens (tertiary/aromatic N) is 1. The van der Waals surface area contributed by atoms with Crippen LogP contribution in [0.25, 0.3) is 11.1 Å². The lowest BCUT2D eigenvalue weighted by atomic mass is 9.26. The van der Waals surface area contributed by atoms with Gasteiger partial charge in [0, 0.05) is 27.9 Å². The number of hydrogen-bond acceptors (Lipinski definition) is 2. The Morgan fingerprint density at radius 1 is 0.500 bits per heavy atom. The molecule has 2 spiro atoms. The molecule has 1 aliphatic heterocycles. The van der Waals surface area contributed by atoms with E-state index in [1.807, 2.05) is 0 Å². The van der Waals surface area contributed by atoms with Crippen molar-refractivity contribution in [1.29, 1.82) is 0 Å². The smallest absolute Gasteiger partial charge is 0.155 e. The third-order valence-electron chi connectivity index (χ3n) is 18.1. The van der Waals surface area contributed by atoms with Crippen molar-refractivity contribution < 1.29 is 4.74 Å². The molecule has 5 aromatic carbocycles. The third kappa shape index (κ3) is 4.40. The molecule has 0 N–H and O–H groups in total. The quantitative estimate of drug-likeness (QED) is 0.181. The minimum Gasteiger partial charge on any atom is -0.455 e. The molecule has 4 fully saturated rings. The van der Waals surface area contributed by atoms with Crippen LogP contribution in [-0.4, -0.2) is 0 Å². The Bertz CT molecular complexity index is 2550.